The molecule has 0 atom stereocenters. The summed E-state index contributed by atoms with van der Waals surface area (Å²) < 4.78 is 7.43. The molecule has 0 bridgehead atoms. The maximum atomic E-state index is 2.90. The van der Waals surface area contributed by atoms with Crippen molar-refractivity contribution in [1.82, 2.24) is 0 Å². The first-order valence-electron chi connectivity index (χ1n) is 12.8. The third kappa shape index (κ3) is 35.8. The first-order valence-corrected chi connectivity index (χ1v) is 18.2. The molecule has 0 N–H and O–H groups in total. The number of hydrogen-bond acceptors (Lipinski definition) is 0. The molecule has 6 aromatic carbocycles. The minimum atomic E-state index is 0. The van der Waals surface area contributed by atoms with E-state index < -0.39 is 0 Å². The Bertz CT molecular complexity index is 1120. The van der Waals surface area contributed by atoms with Gasteiger partial charge in [0.2, 0.25) is 0 Å². The Kier molecular flexibility index (Phi) is 44.4. The molecule has 0 heterocycles. The van der Waals surface area contributed by atoms with Crippen molar-refractivity contribution >= 4 is 123 Å². The second-order valence-electron chi connectivity index (χ2n) is 7.97. The van der Waals surface area contributed by atoms with Crippen molar-refractivity contribution in [3.05, 3.63) is 182 Å². The predicted molar refractivity (Wildman–Crippen MR) is 197 cm³/mol. The van der Waals surface area contributed by atoms with Gasteiger partial charge >= 0.3 is 305 Å². The topological polar surface area (TPSA) is 0 Å². The van der Waals surface area contributed by atoms with Crippen LogP contribution in [0.15, 0.2) is 182 Å². The Balaban J connectivity index is -0.000000226. The normalized spacial score (nSPS) is 7.91. The predicted octanol–water partition coefficient (Wildman–Crippen LogP) is 1.80. The van der Waals surface area contributed by atoms with Gasteiger partial charge in [0.05, 0.1) is 0 Å². The molecular weight excluding hydrogens is 1160 g/mol. The third-order valence-electron chi connectivity index (χ3n) is 4.51. The fourth-order valence-electron chi connectivity index (χ4n) is 2.55. The average molecular weight is 1190 g/mol. The fraction of sp³-hybridized carbons (Fsp3) is 0. The second kappa shape index (κ2) is 38.3. The van der Waals surface area contributed by atoms with E-state index in [0.717, 1.165) is 0 Å². The molecule has 0 aliphatic heterocycles. The van der Waals surface area contributed by atoms with Gasteiger partial charge < -0.3 is 0 Å². The van der Waals surface area contributed by atoms with E-state index in [1.54, 1.807) is 0 Å². The van der Waals surface area contributed by atoms with Crippen LogP contribution in [0.2, 0.25) is 0 Å². The van der Waals surface area contributed by atoms with Gasteiger partial charge in [-0.05, 0) is 0 Å². The van der Waals surface area contributed by atoms with Crippen molar-refractivity contribution in [2.75, 3.05) is 0 Å². The van der Waals surface area contributed by atoms with E-state index >= 15 is 0 Å². The molecule has 0 unspecified atom stereocenters. The van der Waals surface area contributed by atoms with Gasteiger partial charge in [0.15, 0.2) is 0 Å². The molecule has 0 aromatic heterocycles. The number of benzene rings is 6. The molecule has 0 saturated heterocycles. The van der Waals surface area contributed by atoms with E-state index in [4.69, 9.17) is 0 Å². The molecule has 0 spiro atoms. The standard InChI is InChI=1S/6C6H6Se.4Cu/c6*7-6-4-2-1-3-5-6;;;;/h6*1-5,7H;;;;/p-2. The van der Waals surface area contributed by atoms with Crippen molar-refractivity contribution in [3.63, 3.8) is 0 Å². The summed E-state index contributed by atoms with van der Waals surface area (Å²) in [5, 5.41) is 0. The monoisotopic (exact) mass is 1200 g/mol. The third-order valence-corrected chi connectivity index (χ3v) is 8.16. The van der Waals surface area contributed by atoms with Crippen molar-refractivity contribution in [2.24, 2.45) is 0 Å². The zero-order valence-electron chi connectivity index (χ0n) is 24.1. The van der Waals surface area contributed by atoms with Crippen molar-refractivity contribution < 1.29 is 68.3 Å². The van der Waals surface area contributed by atoms with Gasteiger partial charge in [0.25, 0.3) is 0 Å². The van der Waals surface area contributed by atoms with Crippen LogP contribution in [0.3, 0.4) is 0 Å². The molecule has 0 saturated carbocycles. The summed E-state index contributed by atoms with van der Waals surface area (Å²) in [5.74, 6) is 0. The van der Waals surface area contributed by atoms with Crippen LogP contribution in [0.25, 0.3) is 0 Å². The van der Waals surface area contributed by atoms with Crippen molar-refractivity contribution in [3.8, 4) is 0 Å². The van der Waals surface area contributed by atoms with Crippen molar-refractivity contribution in [2.45, 2.75) is 0 Å². The molecule has 10 heteroatoms. The Morgan fingerprint density at radius 2 is 0.370 bits per heavy atom. The van der Waals surface area contributed by atoms with Crippen LogP contribution in [0.1, 0.15) is 0 Å². The maximum absolute atomic E-state index is 2.90. The SMILES string of the molecule is [Cu].[Cu].[Cu].[Cu].[Se-]c1ccccc1.[Se-]c1ccccc1.[SeH]c1ccccc1.[SeH]c1ccccc1.[SeH]c1ccccc1.[SeH]c1ccccc1. The van der Waals surface area contributed by atoms with E-state index in [9.17, 15) is 0 Å². The average Bonchev–Trinajstić information content (AvgIpc) is 3.01. The molecule has 260 valence electrons. The second-order valence-corrected chi connectivity index (χ2v) is 14.3. The minimum absolute atomic E-state index is 0. The summed E-state index contributed by atoms with van der Waals surface area (Å²) in [5.41, 5.74) is 0. The number of rotatable bonds is 0. The first kappa shape index (κ1) is 53.3. The molecule has 46 heavy (non-hydrogen) atoms. The van der Waals surface area contributed by atoms with Gasteiger partial charge in [-0.3, -0.25) is 0 Å². The van der Waals surface area contributed by atoms with Crippen LogP contribution < -0.4 is 26.8 Å². The van der Waals surface area contributed by atoms with Gasteiger partial charge in [-0.15, -0.1) is 0 Å². The van der Waals surface area contributed by atoms with Gasteiger partial charge in [-0.1, -0.05) is 0 Å². The Labute approximate surface area is 368 Å². The van der Waals surface area contributed by atoms with E-state index in [2.05, 4.69) is 145 Å². The van der Waals surface area contributed by atoms with E-state index in [1.165, 1.54) is 26.8 Å². The molecule has 0 aliphatic carbocycles. The van der Waals surface area contributed by atoms with Gasteiger partial charge in [0.1, 0.15) is 0 Å². The van der Waals surface area contributed by atoms with Gasteiger partial charge in [-0.2, -0.15) is 0 Å². The number of hydrogen-bond donors (Lipinski definition) is 0. The molecule has 0 fully saturated rings. The Morgan fingerprint density at radius 3 is 0.435 bits per heavy atom. The van der Waals surface area contributed by atoms with Gasteiger partial charge in [-0.25, -0.2) is 0 Å². The molecule has 0 amide bonds. The zero-order valence-corrected chi connectivity index (χ0v) is 38.8. The van der Waals surface area contributed by atoms with Gasteiger partial charge in [0, 0.05) is 68.3 Å². The van der Waals surface area contributed by atoms with Crippen LogP contribution in [-0.4, -0.2) is 96.1 Å². The molecule has 6 aromatic rings. The summed E-state index contributed by atoms with van der Waals surface area (Å²) in [6.45, 7) is 0. The van der Waals surface area contributed by atoms with E-state index in [0.29, 0.717) is 0 Å². The van der Waals surface area contributed by atoms with E-state index in [1.807, 2.05) is 133 Å². The molecule has 4 radical (unpaired) electrons. The Hall–Kier alpha value is 0.515. The molecule has 6 rings (SSSR count). The summed E-state index contributed by atoms with van der Waals surface area (Å²) in [6.07, 6.45) is 0. The summed E-state index contributed by atoms with van der Waals surface area (Å²) >= 11 is 15.8. The summed E-state index contributed by atoms with van der Waals surface area (Å²) in [4.78, 5) is 0. The molecule has 0 aliphatic rings. The Morgan fingerprint density at radius 1 is 0.239 bits per heavy atom. The van der Waals surface area contributed by atoms with Crippen LogP contribution in [0.4, 0.5) is 0 Å². The van der Waals surface area contributed by atoms with Crippen molar-refractivity contribution in [1.29, 1.82) is 0 Å². The molecular formula is C36H34Cu4Se6-2. The van der Waals surface area contributed by atoms with Crippen LogP contribution in [0, 0.1) is 0 Å². The molecule has 0 nitrogen and oxygen atoms in total. The quantitative estimate of drug-likeness (QED) is 0.204. The fourth-order valence-corrected chi connectivity index (χ4v) is 4.66. The van der Waals surface area contributed by atoms with E-state index in [-0.39, 0.29) is 68.3 Å². The van der Waals surface area contributed by atoms with Crippen LogP contribution in [0.5, 0.6) is 0 Å². The summed E-state index contributed by atoms with van der Waals surface area (Å²) in [6, 6.07) is 60.8. The van der Waals surface area contributed by atoms with Crippen LogP contribution in [-0.2, 0) is 68.3 Å². The van der Waals surface area contributed by atoms with Crippen LogP contribution >= 0.6 is 0 Å². The first-order chi connectivity index (χ1) is 20.4. The zero-order chi connectivity index (χ0) is 30.7. The summed E-state index contributed by atoms with van der Waals surface area (Å²) in [7, 11) is 0.